The monoisotopic (exact) mass is 317 g/mol. The fourth-order valence-corrected chi connectivity index (χ4v) is 2.20. The van der Waals surface area contributed by atoms with Gasteiger partial charge in [-0.05, 0) is 18.2 Å². The molecule has 0 bridgehead atoms. The van der Waals surface area contributed by atoms with Crippen molar-refractivity contribution in [2.75, 3.05) is 19.4 Å². The maximum Gasteiger partial charge on any atom is 0.293 e. The number of nitro groups is 1. The number of hydrogen-bond acceptors (Lipinski definition) is 4. The molecule has 0 heterocycles. The second-order valence-electron chi connectivity index (χ2n) is 4.99. The summed E-state index contributed by atoms with van der Waals surface area (Å²) in [4.78, 5) is 24.2. The summed E-state index contributed by atoms with van der Waals surface area (Å²) in [6.07, 6.45) is 0. The summed E-state index contributed by atoms with van der Waals surface area (Å²) < 4.78 is 13.6. The van der Waals surface area contributed by atoms with Gasteiger partial charge in [0.15, 0.2) is 0 Å². The number of nitro benzene ring substituents is 1. The van der Waals surface area contributed by atoms with Crippen molar-refractivity contribution in [1.82, 2.24) is 4.90 Å². The second kappa shape index (κ2) is 6.87. The van der Waals surface area contributed by atoms with E-state index in [4.69, 9.17) is 0 Å². The predicted octanol–water partition coefficient (Wildman–Crippen LogP) is 3.05. The molecule has 0 aliphatic rings. The van der Waals surface area contributed by atoms with Gasteiger partial charge in [0.1, 0.15) is 11.5 Å². The summed E-state index contributed by atoms with van der Waals surface area (Å²) in [5.41, 5.74) is 0.695. The Morgan fingerprint density at radius 3 is 2.61 bits per heavy atom. The zero-order valence-corrected chi connectivity index (χ0v) is 12.7. The van der Waals surface area contributed by atoms with E-state index in [-0.39, 0.29) is 17.8 Å². The SMILES string of the molecule is CNc1ccc(C(=O)N(C)Cc2ccccc2F)cc1[N+](=O)[O-]. The van der Waals surface area contributed by atoms with Crippen molar-refractivity contribution in [2.24, 2.45) is 0 Å². The van der Waals surface area contributed by atoms with Gasteiger partial charge in [-0.15, -0.1) is 0 Å². The number of hydrogen-bond donors (Lipinski definition) is 1. The van der Waals surface area contributed by atoms with E-state index in [1.54, 1.807) is 25.2 Å². The quantitative estimate of drug-likeness (QED) is 0.679. The minimum Gasteiger partial charge on any atom is -0.383 e. The van der Waals surface area contributed by atoms with Gasteiger partial charge < -0.3 is 10.2 Å². The van der Waals surface area contributed by atoms with Gasteiger partial charge in [0.25, 0.3) is 11.6 Å². The molecule has 2 rings (SSSR count). The summed E-state index contributed by atoms with van der Waals surface area (Å²) in [7, 11) is 3.08. The third-order valence-corrected chi connectivity index (χ3v) is 3.42. The molecule has 1 amide bonds. The highest BCUT2D eigenvalue weighted by Gasteiger charge is 2.19. The van der Waals surface area contributed by atoms with Crippen molar-refractivity contribution in [3.8, 4) is 0 Å². The molecule has 2 aromatic carbocycles. The Morgan fingerprint density at radius 1 is 1.30 bits per heavy atom. The summed E-state index contributed by atoms with van der Waals surface area (Å²) in [6, 6.07) is 10.4. The van der Waals surface area contributed by atoms with E-state index in [2.05, 4.69) is 5.32 Å². The number of nitrogens with zero attached hydrogens (tertiary/aromatic N) is 2. The van der Waals surface area contributed by atoms with E-state index in [1.165, 1.54) is 36.2 Å². The molecular weight excluding hydrogens is 301 g/mol. The fourth-order valence-electron chi connectivity index (χ4n) is 2.20. The van der Waals surface area contributed by atoms with Crippen molar-refractivity contribution in [2.45, 2.75) is 6.54 Å². The molecule has 1 N–H and O–H groups in total. The molecule has 0 spiro atoms. The van der Waals surface area contributed by atoms with E-state index in [0.717, 1.165) is 0 Å². The minimum atomic E-state index is -0.556. The summed E-state index contributed by atoms with van der Waals surface area (Å²) in [5.74, 6) is -0.817. The number of benzene rings is 2. The largest absolute Gasteiger partial charge is 0.383 e. The molecule has 23 heavy (non-hydrogen) atoms. The maximum absolute atomic E-state index is 13.6. The minimum absolute atomic E-state index is 0.0765. The standard InChI is InChI=1S/C16H16FN3O3/c1-18-14-8-7-11(9-15(14)20(22)23)16(21)19(2)10-12-5-3-4-6-13(12)17/h3-9,18H,10H2,1-2H3. The van der Waals surface area contributed by atoms with Gasteiger partial charge in [-0.3, -0.25) is 14.9 Å². The van der Waals surface area contributed by atoms with E-state index < -0.39 is 16.6 Å². The zero-order valence-electron chi connectivity index (χ0n) is 12.7. The normalized spacial score (nSPS) is 10.2. The number of amides is 1. The first-order chi connectivity index (χ1) is 10.9. The molecule has 0 aliphatic carbocycles. The first-order valence-corrected chi connectivity index (χ1v) is 6.89. The van der Waals surface area contributed by atoms with Crippen molar-refractivity contribution >= 4 is 17.3 Å². The van der Waals surface area contributed by atoms with Crippen molar-refractivity contribution in [3.63, 3.8) is 0 Å². The van der Waals surface area contributed by atoms with Gasteiger partial charge in [0, 0.05) is 37.8 Å². The molecule has 0 aromatic heterocycles. The molecule has 0 radical (unpaired) electrons. The van der Waals surface area contributed by atoms with Crippen molar-refractivity contribution in [3.05, 3.63) is 69.5 Å². The number of carbonyl (C=O) groups excluding carboxylic acids is 1. The lowest BCUT2D eigenvalue weighted by Crippen LogP contribution is -2.26. The lowest BCUT2D eigenvalue weighted by Gasteiger charge is -2.18. The Balaban J connectivity index is 2.24. The first-order valence-electron chi connectivity index (χ1n) is 6.89. The molecule has 7 heteroatoms. The summed E-state index contributed by atoms with van der Waals surface area (Å²) in [6.45, 7) is 0.0765. The molecule has 120 valence electrons. The number of rotatable bonds is 5. The molecular formula is C16H16FN3O3. The predicted molar refractivity (Wildman–Crippen MR) is 84.8 cm³/mol. The molecule has 0 saturated heterocycles. The highest BCUT2D eigenvalue weighted by molar-refractivity contribution is 5.95. The average Bonchev–Trinajstić information content (AvgIpc) is 2.55. The molecule has 0 fully saturated rings. The number of anilines is 1. The molecule has 2 aromatic rings. The third kappa shape index (κ3) is 3.63. The Hall–Kier alpha value is -2.96. The Labute approximate surface area is 132 Å². The van der Waals surface area contributed by atoms with Crippen LogP contribution in [0.4, 0.5) is 15.8 Å². The molecule has 0 aliphatic heterocycles. The third-order valence-electron chi connectivity index (χ3n) is 3.42. The van der Waals surface area contributed by atoms with Crippen LogP contribution in [0.25, 0.3) is 0 Å². The van der Waals surface area contributed by atoms with Gasteiger partial charge >= 0.3 is 0 Å². The van der Waals surface area contributed by atoms with Gasteiger partial charge in [-0.1, -0.05) is 18.2 Å². The second-order valence-corrected chi connectivity index (χ2v) is 4.99. The van der Waals surface area contributed by atoms with Crippen LogP contribution < -0.4 is 5.32 Å². The van der Waals surface area contributed by atoms with Crippen LogP contribution in [-0.2, 0) is 6.54 Å². The van der Waals surface area contributed by atoms with Crippen LogP contribution in [0.3, 0.4) is 0 Å². The molecule has 0 unspecified atom stereocenters. The van der Waals surface area contributed by atoms with E-state index in [9.17, 15) is 19.3 Å². The highest BCUT2D eigenvalue weighted by atomic mass is 19.1. The smallest absolute Gasteiger partial charge is 0.293 e. The van der Waals surface area contributed by atoms with E-state index in [0.29, 0.717) is 11.3 Å². The van der Waals surface area contributed by atoms with Crippen molar-refractivity contribution < 1.29 is 14.1 Å². The lowest BCUT2D eigenvalue weighted by molar-refractivity contribution is -0.384. The van der Waals surface area contributed by atoms with E-state index >= 15 is 0 Å². The molecule has 0 atom stereocenters. The van der Waals surface area contributed by atoms with Gasteiger partial charge in [-0.2, -0.15) is 0 Å². The van der Waals surface area contributed by atoms with E-state index in [1.807, 2.05) is 0 Å². The van der Waals surface area contributed by atoms with Crippen LogP contribution >= 0.6 is 0 Å². The molecule has 6 nitrogen and oxygen atoms in total. The average molecular weight is 317 g/mol. The Morgan fingerprint density at radius 2 is 2.00 bits per heavy atom. The van der Waals surface area contributed by atoms with Gasteiger partial charge in [-0.25, -0.2) is 4.39 Å². The van der Waals surface area contributed by atoms with Crippen molar-refractivity contribution in [1.29, 1.82) is 0 Å². The van der Waals surface area contributed by atoms with Crippen LogP contribution in [0, 0.1) is 15.9 Å². The van der Waals surface area contributed by atoms with Crippen LogP contribution in [0.15, 0.2) is 42.5 Å². The summed E-state index contributed by atoms with van der Waals surface area (Å²) >= 11 is 0. The van der Waals surface area contributed by atoms with Gasteiger partial charge in [0.05, 0.1) is 4.92 Å². The first kappa shape index (κ1) is 16.4. The maximum atomic E-state index is 13.6. The van der Waals surface area contributed by atoms with Crippen LogP contribution in [0.1, 0.15) is 15.9 Å². The zero-order chi connectivity index (χ0) is 17.0. The van der Waals surface area contributed by atoms with Gasteiger partial charge in [0.2, 0.25) is 0 Å². The van der Waals surface area contributed by atoms with Crippen LogP contribution in [-0.4, -0.2) is 29.8 Å². The topological polar surface area (TPSA) is 75.5 Å². The summed E-state index contributed by atoms with van der Waals surface area (Å²) in [5, 5.41) is 13.8. The number of carbonyl (C=O) groups is 1. The number of halogens is 1. The Bertz CT molecular complexity index is 749. The van der Waals surface area contributed by atoms with Crippen LogP contribution in [0.5, 0.6) is 0 Å². The molecule has 0 saturated carbocycles. The fraction of sp³-hybridized carbons (Fsp3) is 0.188. The highest BCUT2D eigenvalue weighted by Crippen LogP contribution is 2.25. The van der Waals surface area contributed by atoms with Crippen LogP contribution in [0.2, 0.25) is 0 Å². The Kier molecular flexibility index (Phi) is 4.90. The number of nitrogens with one attached hydrogen (secondary N) is 1. The lowest BCUT2D eigenvalue weighted by atomic mass is 10.1.